The molecule has 0 N–H and O–H groups in total. The van der Waals surface area contributed by atoms with Gasteiger partial charge in [0, 0.05) is 5.92 Å². The van der Waals surface area contributed by atoms with Crippen LogP contribution in [0.4, 0.5) is 0 Å². The Morgan fingerprint density at radius 1 is 1.38 bits per heavy atom. The number of ketones is 1. The number of Topliss-reactive ketones (excluding diaryl/α,β-unsaturated/α-hetero) is 1. The van der Waals surface area contributed by atoms with Crippen LogP contribution >= 0.6 is 0 Å². The Kier molecular flexibility index (Phi) is 4.25. The van der Waals surface area contributed by atoms with Crippen molar-refractivity contribution < 1.29 is 4.79 Å². The van der Waals surface area contributed by atoms with Crippen LogP contribution in [0.25, 0.3) is 0 Å². The molecule has 2 atom stereocenters. The van der Waals surface area contributed by atoms with Gasteiger partial charge in [0.25, 0.3) is 0 Å². The van der Waals surface area contributed by atoms with Crippen LogP contribution < -0.4 is 0 Å². The van der Waals surface area contributed by atoms with E-state index in [1.807, 2.05) is 45.0 Å². The minimum absolute atomic E-state index is 0.0221. The Balaban J connectivity index is 2.96. The second-order valence-corrected chi connectivity index (χ2v) is 4.18. The van der Waals surface area contributed by atoms with Gasteiger partial charge in [-0.05, 0) is 18.9 Å². The molecule has 2 nitrogen and oxygen atoms in total. The van der Waals surface area contributed by atoms with E-state index in [4.69, 9.17) is 5.26 Å². The van der Waals surface area contributed by atoms with E-state index in [2.05, 4.69) is 6.07 Å². The molecule has 0 fully saturated rings. The number of aryl methyl sites for hydroxylation is 1. The van der Waals surface area contributed by atoms with Gasteiger partial charge in [-0.25, -0.2) is 0 Å². The maximum Gasteiger partial charge on any atom is 0.157 e. The van der Waals surface area contributed by atoms with Gasteiger partial charge in [0.15, 0.2) is 5.78 Å². The molecule has 0 aliphatic carbocycles. The number of hydrogen-bond acceptors (Lipinski definition) is 2. The highest BCUT2D eigenvalue weighted by molar-refractivity contribution is 5.90. The molecule has 0 aromatic heterocycles. The summed E-state index contributed by atoms with van der Waals surface area (Å²) in [6.07, 6.45) is 0.781. The molecule has 0 aliphatic rings. The van der Waals surface area contributed by atoms with E-state index in [1.54, 1.807) is 0 Å². The van der Waals surface area contributed by atoms with Gasteiger partial charge in [-0.2, -0.15) is 5.26 Å². The molecule has 0 aliphatic heterocycles. The van der Waals surface area contributed by atoms with Crippen LogP contribution in [0.5, 0.6) is 0 Å². The average Bonchev–Trinajstić information content (AvgIpc) is 2.31. The lowest BCUT2D eigenvalue weighted by molar-refractivity contribution is -0.122. The molecule has 0 amide bonds. The normalized spacial score (nSPS) is 13.9. The van der Waals surface area contributed by atoms with Crippen LogP contribution in [0.15, 0.2) is 24.3 Å². The summed E-state index contributed by atoms with van der Waals surface area (Å²) in [6.45, 7) is 5.83. The molecule has 1 aromatic rings. The standard InChI is InChI=1S/C14H17NO/c1-4-11(3)14(16)13(9-15)12-7-5-10(2)6-8-12/h5-8,11,13H,4H2,1-3H3. The quantitative estimate of drug-likeness (QED) is 0.773. The fourth-order valence-corrected chi connectivity index (χ4v) is 1.55. The zero-order chi connectivity index (χ0) is 12.1. The number of rotatable bonds is 4. The van der Waals surface area contributed by atoms with Gasteiger partial charge in [0.1, 0.15) is 5.92 Å². The molecule has 0 bridgehead atoms. The molecule has 2 unspecified atom stereocenters. The number of benzene rings is 1. The smallest absolute Gasteiger partial charge is 0.157 e. The van der Waals surface area contributed by atoms with Crippen LogP contribution in [-0.2, 0) is 4.79 Å². The summed E-state index contributed by atoms with van der Waals surface area (Å²) in [4.78, 5) is 12.0. The fraction of sp³-hybridized carbons (Fsp3) is 0.429. The summed E-state index contributed by atoms with van der Waals surface area (Å²) in [5.41, 5.74) is 1.94. The van der Waals surface area contributed by atoms with Crippen molar-refractivity contribution in [2.75, 3.05) is 0 Å². The summed E-state index contributed by atoms with van der Waals surface area (Å²) < 4.78 is 0. The molecule has 16 heavy (non-hydrogen) atoms. The van der Waals surface area contributed by atoms with Crippen molar-refractivity contribution in [2.45, 2.75) is 33.1 Å². The first-order chi connectivity index (χ1) is 7.60. The second-order valence-electron chi connectivity index (χ2n) is 4.18. The van der Waals surface area contributed by atoms with Gasteiger partial charge in [-0.15, -0.1) is 0 Å². The van der Waals surface area contributed by atoms with Crippen LogP contribution in [0.1, 0.15) is 37.3 Å². The van der Waals surface area contributed by atoms with Crippen molar-refractivity contribution in [2.24, 2.45) is 5.92 Å². The molecule has 2 heteroatoms. The highest BCUT2D eigenvalue weighted by atomic mass is 16.1. The van der Waals surface area contributed by atoms with E-state index < -0.39 is 5.92 Å². The molecule has 1 rings (SSSR count). The Morgan fingerprint density at radius 3 is 2.38 bits per heavy atom. The summed E-state index contributed by atoms with van der Waals surface area (Å²) in [5, 5.41) is 9.09. The van der Waals surface area contributed by atoms with Crippen molar-refractivity contribution in [1.29, 1.82) is 5.26 Å². The van der Waals surface area contributed by atoms with Crippen LogP contribution in [-0.4, -0.2) is 5.78 Å². The Bertz CT molecular complexity index is 400. The van der Waals surface area contributed by atoms with Crippen molar-refractivity contribution in [3.05, 3.63) is 35.4 Å². The maximum absolute atomic E-state index is 12.0. The van der Waals surface area contributed by atoms with E-state index in [0.29, 0.717) is 0 Å². The summed E-state index contributed by atoms with van der Waals surface area (Å²) in [5.74, 6) is -0.643. The molecule has 0 saturated heterocycles. The predicted octanol–water partition coefficient (Wildman–Crippen LogP) is 3.22. The lowest BCUT2D eigenvalue weighted by Gasteiger charge is -2.13. The van der Waals surface area contributed by atoms with Crippen molar-refractivity contribution >= 4 is 5.78 Å². The maximum atomic E-state index is 12.0. The Hall–Kier alpha value is -1.62. The van der Waals surface area contributed by atoms with Gasteiger partial charge in [0.05, 0.1) is 6.07 Å². The fourth-order valence-electron chi connectivity index (χ4n) is 1.55. The van der Waals surface area contributed by atoms with Crippen molar-refractivity contribution in [3.8, 4) is 6.07 Å². The summed E-state index contributed by atoms with van der Waals surface area (Å²) in [7, 11) is 0. The van der Waals surface area contributed by atoms with Gasteiger partial charge in [0.2, 0.25) is 0 Å². The van der Waals surface area contributed by atoms with E-state index >= 15 is 0 Å². The minimum Gasteiger partial charge on any atom is -0.298 e. The molecule has 0 heterocycles. The number of hydrogen-bond donors (Lipinski definition) is 0. The first-order valence-electron chi connectivity index (χ1n) is 5.60. The lowest BCUT2D eigenvalue weighted by Crippen LogP contribution is -2.18. The Labute approximate surface area is 96.9 Å². The number of carbonyl (C=O) groups is 1. The van der Waals surface area contributed by atoms with E-state index in [0.717, 1.165) is 17.5 Å². The SMILES string of the molecule is CCC(C)C(=O)C(C#N)c1ccc(C)cc1. The third-order valence-corrected chi connectivity index (χ3v) is 2.92. The molecule has 0 spiro atoms. The topological polar surface area (TPSA) is 40.9 Å². The zero-order valence-corrected chi connectivity index (χ0v) is 10.0. The van der Waals surface area contributed by atoms with Crippen molar-refractivity contribution in [3.63, 3.8) is 0 Å². The zero-order valence-electron chi connectivity index (χ0n) is 10.0. The molecular formula is C14H17NO. The summed E-state index contributed by atoms with van der Waals surface area (Å²) in [6, 6.07) is 9.70. The number of carbonyl (C=O) groups excluding carboxylic acids is 1. The van der Waals surface area contributed by atoms with Crippen LogP contribution in [0.3, 0.4) is 0 Å². The molecule has 1 aromatic carbocycles. The van der Waals surface area contributed by atoms with Crippen LogP contribution in [0.2, 0.25) is 0 Å². The third-order valence-electron chi connectivity index (χ3n) is 2.92. The summed E-state index contributed by atoms with van der Waals surface area (Å²) >= 11 is 0. The van der Waals surface area contributed by atoms with E-state index in [1.165, 1.54) is 0 Å². The lowest BCUT2D eigenvalue weighted by atomic mass is 9.88. The first-order valence-corrected chi connectivity index (χ1v) is 5.60. The number of nitrogens with zero attached hydrogens (tertiary/aromatic N) is 1. The predicted molar refractivity (Wildman–Crippen MR) is 64.0 cm³/mol. The number of nitriles is 1. The molecule has 0 saturated carbocycles. The van der Waals surface area contributed by atoms with Gasteiger partial charge in [-0.1, -0.05) is 43.7 Å². The monoisotopic (exact) mass is 215 g/mol. The highest BCUT2D eigenvalue weighted by Gasteiger charge is 2.23. The second kappa shape index (κ2) is 5.46. The Morgan fingerprint density at radius 2 is 1.94 bits per heavy atom. The first kappa shape index (κ1) is 12.4. The van der Waals surface area contributed by atoms with Crippen LogP contribution in [0, 0.1) is 24.2 Å². The van der Waals surface area contributed by atoms with E-state index in [-0.39, 0.29) is 11.7 Å². The highest BCUT2D eigenvalue weighted by Crippen LogP contribution is 2.21. The van der Waals surface area contributed by atoms with Gasteiger partial charge < -0.3 is 0 Å². The minimum atomic E-state index is -0.615. The molecular weight excluding hydrogens is 198 g/mol. The molecule has 0 radical (unpaired) electrons. The van der Waals surface area contributed by atoms with Gasteiger partial charge in [-0.3, -0.25) is 4.79 Å². The van der Waals surface area contributed by atoms with Gasteiger partial charge >= 0.3 is 0 Å². The van der Waals surface area contributed by atoms with E-state index in [9.17, 15) is 4.79 Å². The largest absolute Gasteiger partial charge is 0.298 e. The average molecular weight is 215 g/mol. The molecule has 84 valence electrons. The van der Waals surface area contributed by atoms with Crippen molar-refractivity contribution in [1.82, 2.24) is 0 Å². The third kappa shape index (κ3) is 2.70.